The Bertz CT molecular complexity index is 369. The Labute approximate surface area is 96.6 Å². The van der Waals surface area contributed by atoms with Crippen molar-refractivity contribution in [2.24, 2.45) is 7.05 Å². The molecule has 0 aliphatic carbocycles. The van der Waals surface area contributed by atoms with Gasteiger partial charge in [-0.25, -0.2) is 0 Å². The van der Waals surface area contributed by atoms with Crippen LogP contribution >= 0.6 is 0 Å². The summed E-state index contributed by atoms with van der Waals surface area (Å²) in [7, 11) is 1.88. The molecule has 0 aromatic carbocycles. The molecule has 0 aliphatic rings. The van der Waals surface area contributed by atoms with Gasteiger partial charge in [0.1, 0.15) is 0 Å². The van der Waals surface area contributed by atoms with Gasteiger partial charge < -0.3 is 4.74 Å². The van der Waals surface area contributed by atoms with Crippen molar-refractivity contribution in [2.45, 2.75) is 40.0 Å². The van der Waals surface area contributed by atoms with Crippen LogP contribution in [0.3, 0.4) is 0 Å². The van der Waals surface area contributed by atoms with Gasteiger partial charge in [0.25, 0.3) is 0 Å². The topological polar surface area (TPSA) is 44.1 Å². The predicted octanol–water partition coefficient (Wildman–Crippen LogP) is 1.92. The molecule has 0 aliphatic heterocycles. The smallest absolute Gasteiger partial charge is 0.310 e. The van der Waals surface area contributed by atoms with Crippen molar-refractivity contribution >= 4 is 5.97 Å². The van der Waals surface area contributed by atoms with Crippen molar-refractivity contribution in [2.75, 3.05) is 6.61 Å². The zero-order valence-electron chi connectivity index (χ0n) is 10.5. The van der Waals surface area contributed by atoms with E-state index in [2.05, 4.69) is 12.0 Å². The lowest BCUT2D eigenvalue weighted by Crippen LogP contribution is -2.10. The van der Waals surface area contributed by atoms with E-state index in [0.717, 1.165) is 29.8 Å². The van der Waals surface area contributed by atoms with Crippen molar-refractivity contribution in [3.63, 3.8) is 0 Å². The van der Waals surface area contributed by atoms with Crippen LogP contribution in [-0.2, 0) is 23.0 Å². The van der Waals surface area contributed by atoms with E-state index in [-0.39, 0.29) is 5.97 Å². The molecule has 4 heteroatoms. The van der Waals surface area contributed by atoms with Gasteiger partial charge in [0.2, 0.25) is 0 Å². The maximum absolute atomic E-state index is 11.5. The second-order valence-corrected chi connectivity index (χ2v) is 4.02. The summed E-state index contributed by atoms with van der Waals surface area (Å²) in [6.07, 6.45) is 2.30. The molecule has 0 amide bonds. The predicted molar refractivity (Wildman–Crippen MR) is 62.3 cm³/mol. The molecule has 0 saturated heterocycles. The maximum Gasteiger partial charge on any atom is 0.310 e. The highest BCUT2D eigenvalue weighted by molar-refractivity contribution is 5.73. The molecule has 0 fully saturated rings. The number of nitrogens with zero attached hydrogens (tertiary/aromatic N) is 2. The minimum Gasteiger partial charge on any atom is -0.465 e. The van der Waals surface area contributed by atoms with Gasteiger partial charge in [0.05, 0.1) is 18.7 Å². The minimum atomic E-state index is -0.160. The van der Waals surface area contributed by atoms with Crippen LogP contribution < -0.4 is 0 Å². The maximum atomic E-state index is 11.5. The monoisotopic (exact) mass is 224 g/mol. The second kappa shape index (κ2) is 5.68. The van der Waals surface area contributed by atoms with Gasteiger partial charge in [-0.1, -0.05) is 13.3 Å². The fourth-order valence-electron chi connectivity index (χ4n) is 1.60. The number of hydrogen-bond acceptors (Lipinski definition) is 3. The molecule has 1 aromatic rings. The highest BCUT2D eigenvalue weighted by Gasteiger charge is 2.13. The van der Waals surface area contributed by atoms with E-state index in [1.165, 1.54) is 0 Å². The lowest BCUT2D eigenvalue weighted by molar-refractivity contribution is -0.142. The Hall–Kier alpha value is -1.32. The molecule has 0 saturated carbocycles. The Morgan fingerprint density at radius 2 is 2.12 bits per heavy atom. The van der Waals surface area contributed by atoms with E-state index in [4.69, 9.17) is 4.74 Å². The van der Waals surface area contributed by atoms with E-state index in [9.17, 15) is 4.79 Å². The van der Waals surface area contributed by atoms with E-state index in [0.29, 0.717) is 13.0 Å². The normalized spacial score (nSPS) is 10.5. The number of aromatic nitrogens is 2. The summed E-state index contributed by atoms with van der Waals surface area (Å²) in [5.74, 6) is -0.160. The average Bonchev–Trinajstić information content (AvgIpc) is 2.46. The number of unbranched alkanes of at least 4 members (excludes halogenated alkanes) is 1. The van der Waals surface area contributed by atoms with E-state index < -0.39 is 0 Å². The van der Waals surface area contributed by atoms with Crippen LogP contribution in [0, 0.1) is 13.8 Å². The van der Waals surface area contributed by atoms with Crippen molar-refractivity contribution < 1.29 is 9.53 Å². The summed E-state index contributed by atoms with van der Waals surface area (Å²) in [5.41, 5.74) is 2.93. The van der Waals surface area contributed by atoms with Crippen molar-refractivity contribution in [3.05, 3.63) is 17.0 Å². The molecule has 0 N–H and O–H groups in total. The molecule has 1 aromatic heterocycles. The second-order valence-electron chi connectivity index (χ2n) is 4.02. The summed E-state index contributed by atoms with van der Waals surface area (Å²) in [4.78, 5) is 11.5. The fraction of sp³-hybridized carbons (Fsp3) is 0.667. The van der Waals surface area contributed by atoms with Gasteiger partial charge in [0, 0.05) is 18.3 Å². The molecular weight excluding hydrogens is 204 g/mol. The molecule has 1 heterocycles. The quantitative estimate of drug-likeness (QED) is 0.567. The minimum absolute atomic E-state index is 0.160. The number of ether oxygens (including phenoxy) is 1. The Balaban J connectivity index is 2.56. The molecule has 16 heavy (non-hydrogen) atoms. The molecule has 4 nitrogen and oxygen atoms in total. The molecule has 0 unspecified atom stereocenters. The van der Waals surface area contributed by atoms with Crippen LogP contribution in [0.25, 0.3) is 0 Å². The summed E-state index contributed by atoms with van der Waals surface area (Å²) in [6, 6.07) is 0. The van der Waals surface area contributed by atoms with Crippen molar-refractivity contribution in [1.29, 1.82) is 0 Å². The SMILES string of the molecule is CCCCOC(=O)Cc1c(C)nn(C)c1C. The lowest BCUT2D eigenvalue weighted by Gasteiger charge is -2.04. The highest BCUT2D eigenvalue weighted by atomic mass is 16.5. The van der Waals surface area contributed by atoms with Gasteiger partial charge in [-0.3, -0.25) is 9.48 Å². The van der Waals surface area contributed by atoms with Crippen LogP contribution in [0.4, 0.5) is 0 Å². The van der Waals surface area contributed by atoms with Gasteiger partial charge in [0.15, 0.2) is 0 Å². The number of aryl methyl sites for hydroxylation is 2. The first kappa shape index (κ1) is 12.7. The summed E-state index contributed by atoms with van der Waals surface area (Å²) >= 11 is 0. The third-order valence-electron chi connectivity index (χ3n) is 2.74. The van der Waals surface area contributed by atoms with Gasteiger partial charge in [-0.15, -0.1) is 0 Å². The standard InChI is InChI=1S/C12H20N2O2/c1-5-6-7-16-12(15)8-11-9(2)13-14(4)10(11)3/h5-8H2,1-4H3. The molecule has 0 radical (unpaired) electrons. The lowest BCUT2D eigenvalue weighted by atomic mass is 10.1. The number of carbonyl (C=O) groups is 1. The Morgan fingerprint density at radius 1 is 1.44 bits per heavy atom. The number of rotatable bonds is 5. The largest absolute Gasteiger partial charge is 0.465 e. The first-order valence-electron chi connectivity index (χ1n) is 5.71. The van der Waals surface area contributed by atoms with Crippen molar-refractivity contribution in [1.82, 2.24) is 9.78 Å². The molecular formula is C12H20N2O2. The molecule has 0 spiro atoms. The zero-order valence-corrected chi connectivity index (χ0v) is 10.5. The van der Waals surface area contributed by atoms with E-state index in [1.54, 1.807) is 4.68 Å². The number of hydrogen-bond donors (Lipinski definition) is 0. The number of carbonyl (C=O) groups excluding carboxylic acids is 1. The van der Waals surface area contributed by atoms with E-state index in [1.807, 2.05) is 20.9 Å². The van der Waals surface area contributed by atoms with Gasteiger partial charge >= 0.3 is 5.97 Å². The molecule has 0 bridgehead atoms. The first-order valence-corrected chi connectivity index (χ1v) is 5.71. The molecule has 90 valence electrons. The Morgan fingerprint density at radius 3 is 2.62 bits per heavy atom. The first-order chi connectivity index (χ1) is 7.56. The summed E-state index contributed by atoms with van der Waals surface area (Å²) < 4.78 is 6.93. The summed E-state index contributed by atoms with van der Waals surface area (Å²) in [6.45, 7) is 6.48. The van der Waals surface area contributed by atoms with Gasteiger partial charge in [-0.2, -0.15) is 5.10 Å². The summed E-state index contributed by atoms with van der Waals surface area (Å²) in [5, 5.41) is 4.27. The van der Waals surface area contributed by atoms with E-state index >= 15 is 0 Å². The van der Waals surface area contributed by atoms with Crippen LogP contribution in [0.5, 0.6) is 0 Å². The highest BCUT2D eigenvalue weighted by Crippen LogP contribution is 2.13. The molecule has 1 rings (SSSR count). The third-order valence-corrected chi connectivity index (χ3v) is 2.74. The fourth-order valence-corrected chi connectivity index (χ4v) is 1.60. The van der Waals surface area contributed by atoms with Crippen LogP contribution in [0.1, 0.15) is 36.7 Å². The van der Waals surface area contributed by atoms with Crippen LogP contribution in [0.2, 0.25) is 0 Å². The van der Waals surface area contributed by atoms with Crippen LogP contribution in [-0.4, -0.2) is 22.4 Å². The number of esters is 1. The third kappa shape index (κ3) is 3.08. The van der Waals surface area contributed by atoms with Gasteiger partial charge in [-0.05, 0) is 20.3 Å². The Kier molecular flexibility index (Phi) is 4.52. The van der Waals surface area contributed by atoms with Crippen LogP contribution in [0.15, 0.2) is 0 Å². The zero-order chi connectivity index (χ0) is 12.1. The van der Waals surface area contributed by atoms with Crippen molar-refractivity contribution in [3.8, 4) is 0 Å². The molecule has 0 atom stereocenters. The average molecular weight is 224 g/mol.